The highest BCUT2D eigenvalue weighted by molar-refractivity contribution is 9.10. The lowest BCUT2D eigenvalue weighted by atomic mass is 9.80. The van der Waals surface area contributed by atoms with E-state index in [1.165, 1.54) is 6.33 Å². The van der Waals surface area contributed by atoms with Gasteiger partial charge < -0.3 is 20.1 Å². The fourth-order valence-electron chi connectivity index (χ4n) is 5.67. The molecule has 6 rings (SSSR count). The molecule has 1 saturated carbocycles. The number of aromatic nitrogens is 4. The molecule has 0 bridgehead atoms. The first-order valence-corrected chi connectivity index (χ1v) is 12.2. The third-order valence-corrected chi connectivity index (χ3v) is 8.30. The van der Waals surface area contributed by atoms with E-state index in [1.54, 1.807) is 0 Å². The van der Waals surface area contributed by atoms with E-state index >= 15 is 0 Å². The van der Waals surface area contributed by atoms with E-state index in [1.807, 2.05) is 29.0 Å². The van der Waals surface area contributed by atoms with Gasteiger partial charge in [0.25, 0.3) is 0 Å². The SMILES string of the molecule is C=Nc1nc2cc(C3CC4(CN3)CC(n3ccc5c(Cl)ncnc53)C(O)C4O)ccc2cc1Br. The van der Waals surface area contributed by atoms with Crippen molar-refractivity contribution in [2.75, 3.05) is 6.54 Å². The Balaban J connectivity index is 1.30. The van der Waals surface area contributed by atoms with Crippen LogP contribution in [0, 0.1) is 5.41 Å². The van der Waals surface area contributed by atoms with Gasteiger partial charge in [0.1, 0.15) is 23.2 Å². The monoisotopic (exact) mass is 540 g/mol. The molecule has 174 valence electrons. The van der Waals surface area contributed by atoms with Gasteiger partial charge in [-0.2, -0.15) is 0 Å². The summed E-state index contributed by atoms with van der Waals surface area (Å²) in [7, 11) is 0. The summed E-state index contributed by atoms with van der Waals surface area (Å²) in [5.41, 5.74) is 2.13. The molecule has 1 saturated heterocycles. The van der Waals surface area contributed by atoms with Crippen LogP contribution >= 0.6 is 27.5 Å². The van der Waals surface area contributed by atoms with Crippen molar-refractivity contribution in [3.05, 3.63) is 58.0 Å². The summed E-state index contributed by atoms with van der Waals surface area (Å²) >= 11 is 9.69. The fraction of sp³-hybridized carbons (Fsp3) is 0.333. The summed E-state index contributed by atoms with van der Waals surface area (Å²) in [6.45, 7) is 4.19. The van der Waals surface area contributed by atoms with Crippen molar-refractivity contribution in [2.45, 2.75) is 37.1 Å². The van der Waals surface area contributed by atoms with E-state index in [9.17, 15) is 10.2 Å². The lowest BCUT2D eigenvalue weighted by Crippen LogP contribution is -2.38. The minimum atomic E-state index is -0.915. The van der Waals surface area contributed by atoms with Crippen molar-refractivity contribution in [1.29, 1.82) is 0 Å². The highest BCUT2D eigenvalue weighted by atomic mass is 79.9. The standard InChI is InChI=1S/C24H22BrClN6O2/c1-27-22-15(25)6-12-2-3-13(7-16(12)31-22)17-8-24(10-28-17)9-18(19(33)20(24)34)32-5-4-14-21(26)29-11-30-23(14)32/h2-7,11,17-20,28,33-34H,1,8-10H2. The number of aliphatic hydroxyl groups is 2. The lowest BCUT2D eigenvalue weighted by molar-refractivity contribution is -0.0218. The van der Waals surface area contributed by atoms with Gasteiger partial charge in [0.05, 0.1) is 27.5 Å². The van der Waals surface area contributed by atoms with Crippen molar-refractivity contribution >= 4 is 62.0 Å². The number of hydrogen-bond acceptors (Lipinski definition) is 7. The van der Waals surface area contributed by atoms with Crippen LogP contribution in [0.3, 0.4) is 0 Å². The average molecular weight is 542 g/mol. The maximum absolute atomic E-state index is 11.2. The third-order valence-electron chi connectivity index (χ3n) is 7.42. The average Bonchev–Trinajstić information content (AvgIpc) is 3.52. The number of fused-ring (bicyclic) bond motifs is 2. The molecule has 4 aromatic rings. The number of halogens is 2. The first-order valence-electron chi connectivity index (χ1n) is 11.0. The van der Waals surface area contributed by atoms with Crippen LogP contribution in [-0.4, -0.2) is 55.2 Å². The minimum Gasteiger partial charge on any atom is -0.390 e. The van der Waals surface area contributed by atoms with E-state index in [-0.39, 0.29) is 12.1 Å². The minimum absolute atomic E-state index is 0.0359. The number of rotatable bonds is 3. The van der Waals surface area contributed by atoms with Crippen LogP contribution in [0.25, 0.3) is 21.9 Å². The number of pyridine rings is 1. The molecule has 8 nitrogen and oxygen atoms in total. The molecule has 1 aliphatic carbocycles. The molecule has 34 heavy (non-hydrogen) atoms. The quantitative estimate of drug-likeness (QED) is 0.266. The van der Waals surface area contributed by atoms with Crippen molar-refractivity contribution in [3.8, 4) is 0 Å². The Morgan fingerprint density at radius 2 is 2.06 bits per heavy atom. The van der Waals surface area contributed by atoms with E-state index in [0.29, 0.717) is 36.0 Å². The molecular weight excluding hydrogens is 520 g/mol. The Kier molecular flexibility index (Phi) is 5.23. The molecule has 2 aliphatic rings. The van der Waals surface area contributed by atoms with Crippen LogP contribution in [0.1, 0.15) is 30.5 Å². The van der Waals surface area contributed by atoms with Gasteiger partial charge in [0.15, 0.2) is 5.82 Å². The molecule has 5 unspecified atom stereocenters. The molecule has 4 heterocycles. The zero-order valence-electron chi connectivity index (χ0n) is 18.1. The van der Waals surface area contributed by atoms with Crippen LogP contribution in [0.2, 0.25) is 5.15 Å². The largest absolute Gasteiger partial charge is 0.390 e. The van der Waals surface area contributed by atoms with Gasteiger partial charge in [0, 0.05) is 29.6 Å². The lowest BCUT2D eigenvalue weighted by Gasteiger charge is -2.27. The second-order valence-electron chi connectivity index (χ2n) is 9.24. The zero-order valence-corrected chi connectivity index (χ0v) is 20.4. The summed E-state index contributed by atoms with van der Waals surface area (Å²) in [4.78, 5) is 17.0. The molecule has 0 radical (unpaired) electrons. The molecular formula is C24H22BrClN6O2. The van der Waals surface area contributed by atoms with Gasteiger partial charge in [-0.15, -0.1) is 0 Å². The molecule has 1 aliphatic heterocycles. The predicted octanol–water partition coefficient (Wildman–Crippen LogP) is 4.12. The van der Waals surface area contributed by atoms with Gasteiger partial charge in [-0.1, -0.05) is 23.7 Å². The molecule has 2 fully saturated rings. The molecule has 1 aromatic carbocycles. The molecule has 1 spiro atoms. The zero-order chi connectivity index (χ0) is 23.6. The van der Waals surface area contributed by atoms with E-state index < -0.39 is 17.6 Å². The summed E-state index contributed by atoms with van der Waals surface area (Å²) in [5.74, 6) is 0.556. The highest BCUT2D eigenvalue weighted by Gasteiger charge is 2.56. The number of aliphatic hydroxyl groups excluding tert-OH is 2. The van der Waals surface area contributed by atoms with Crippen molar-refractivity contribution < 1.29 is 10.2 Å². The predicted molar refractivity (Wildman–Crippen MR) is 135 cm³/mol. The summed E-state index contributed by atoms with van der Waals surface area (Å²) < 4.78 is 2.72. The van der Waals surface area contributed by atoms with E-state index in [4.69, 9.17) is 11.6 Å². The Bertz CT molecular complexity index is 1440. The van der Waals surface area contributed by atoms with Crippen molar-refractivity contribution in [2.24, 2.45) is 10.4 Å². The normalized spacial score (nSPS) is 28.9. The maximum Gasteiger partial charge on any atom is 0.166 e. The second-order valence-corrected chi connectivity index (χ2v) is 10.4. The first kappa shape index (κ1) is 22.1. The summed E-state index contributed by atoms with van der Waals surface area (Å²) in [6.07, 6.45) is 2.82. The number of nitrogens with one attached hydrogen (secondary N) is 1. The number of nitrogens with zero attached hydrogens (tertiary/aromatic N) is 5. The number of hydrogen-bond donors (Lipinski definition) is 3. The van der Waals surface area contributed by atoms with Gasteiger partial charge in [-0.05, 0) is 59.3 Å². The van der Waals surface area contributed by atoms with Crippen molar-refractivity contribution in [3.63, 3.8) is 0 Å². The molecule has 10 heteroatoms. The third kappa shape index (κ3) is 3.30. The fourth-order valence-corrected chi connectivity index (χ4v) is 6.32. The van der Waals surface area contributed by atoms with Crippen LogP contribution in [-0.2, 0) is 0 Å². The van der Waals surface area contributed by atoms with Crippen LogP contribution in [0.5, 0.6) is 0 Å². The smallest absolute Gasteiger partial charge is 0.166 e. The van der Waals surface area contributed by atoms with Gasteiger partial charge in [-0.25, -0.2) is 19.9 Å². The Morgan fingerprint density at radius 1 is 1.21 bits per heavy atom. The Hall–Kier alpha value is -2.43. The maximum atomic E-state index is 11.2. The molecule has 3 N–H and O–H groups in total. The Labute approximate surface area is 208 Å². The first-order chi connectivity index (χ1) is 16.4. The van der Waals surface area contributed by atoms with Gasteiger partial charge in [0.2, 0.25) is 0 Å². The van der Waals surface area contributed by atoms with Crippen LogP contribution in [0.15, 0.2) is 52.3 Å². The molecule has 0 amide bonds. The van der Waals surface area contributed by atoms with Crippen LogP contribution in [0.4, 0.5) is 5.82 Å². The van der Waals surface area contributed by atoms with Crippen molar-refractivity contribution in [1.82, 2.24) is 24.8 Å². The topological polar surface area (TPSA) is 108 Å². The second kappa shape index (κ2) is 8.07. The number of aliphatic imine (C=N–C) groups is 1. The summed E-state index contributed by atoms with van der Waals surface area (Å²) in [5, 5.41) is 27.9. The van der Waals surface area contributed by atoms with Gasteiger partial charge >= 0.3 is 0 Å². The highest BCUT2D eigenvalue weighted by Crippen LogP contribution is 2.52. The molecule has 5 atom stereocenters. The number of benzene rings is 1. The van der Waals surface area contributed by atoms with Crippen LogP contribution < -0.4 is 5.32 Å². The van der Waals surface area contributed by atoms with E-state index in [0.717, 1.165) is 26.3 Å². The Morgan fingerprint density at radius 3 is 2.88 bits per heavy atom. The van der Waals surface area contributed by atoms with E-state index in [2.05, 4.69) is 60.0 Å². The summed E-state index contributed by atoms with van der Waals surface area (Å²) in [6, 6.07) is 9.75. The van der Waals surface area contributed by atoms with Gasteiger partial charge in [-0.3, -0.25) is 0 Å². The molecule has 3 aromatic heterocycles.